The zero-order valence-corrected chi connectivity index (χ0v) is 36.1. The number of unbranched alkanes of at least 4 members (excludes halogenated alkanes) is 21. The summed E-state index contributed by atoms with van der Waals surface area (Å²) in [7, 11) is -5.14. The van der Waals surface area contributed by atoms with Crippen molar-refractivity contribution < 1.29 is 59.0 Å². The minimum atomic E-state index is -5.14. The van der Waals surface area contributed by atoms with Gasteiger partial charge in [0, 0.05) is 0 Å². The number of carbonyl (C=O) groups excluding carboxylic acids is 1. The van der Waals surface area contributed by atoms with Gasteiger partial charge >= 0.3 is 7.82 Å². The number of amides is 1. The predicted molar refractivity (Wildman–Crippen MR) is 224 cm³/mol. The number of aliphatic hydroxyl groups is 7. The maximum Gasteiger partial charge on any atom is 0.472 e. The Labute approximate surface area is 344 Å². The van der Waals surface area contributed by atoms with Crippen molar-refractivity contribution in [1.29, 1.82) is 0 Å². The topological polar surface area (TPSA) is 226 Å². The highest BCUT2D eigenvalue weighted by molar-refractivity contribution is 7.47. The molecule has 9 N–H and O–H groups in total. The summed E-state index contributed by atoms with van der Waals surface area (Å²) in [5.41, 5.74) is 0. The predicted octanol–water partition coefficient (Wildman–Crippen LogP) is 6.81. The van der Waals surface area contributed by atoms with Gasteiger partial charge in [0.1, 0.15) is 36.6 Å². The van der Waals surface area contributed by atoms with Crippen LogP contribution in [0.5, 0.6) is 0 Å². The molecule has 0 spiro atoms. The average Bonchev–Trinajstić information content (AvgIpc) is 3.18. The molecule has 1 rings (SSSR count). The van der Waals surface area contributed by atoms with E-state index >= 15 is 0 Å². The molecule has 0 saturated heterocycles. The number of carbonyl (C=O) groups is 1. The van der Waals surface area contributed by atoms with Gasteiger partial charge in [0.05, 0.1) is 31.3 Å². The third-order valence-electron chi connectivity index (χ3n) is 10.8. The molecule has 14 heteroatoms. The highest BCUT2D eigenvalue weighted by atomic mass is 31.2. The Morgan fingerprint density at radius 2 is 1.04 bits per heavy atom. The molecule has 0 heterocycles. The van der Waals surface area contributed by atoms with Crippen LogP contribution in [-0.2, 0) is 18.4 Å². The van der Waals surface area contributed by atoms with E-state index in [0.717, 1.165) is 44.9 Å². The molecule has 336 valence electrons. The van der Waals surface area contributed by atoms with Crippen molar-refractivity contribution in [1.82, 2.24) is 5.32 Å². The van der Waals surface area contributed by atoms with Crippen LogP contribution in [0.4, 0.5) is 0 Å². The highest BCUT2D eigenvalue weighted by Crippen LogP contribution is 2.47. The molecule has 0 aromatic heterocycles. The van der Waals surface area contributed by atoms with Crippen molar-refractivity contribution in [2.45, 2.75) is 236 Å². The van der Waals surface area contributed by atoms with Crippen molar-refractivity contribution in [3.05, 3.63) is 24.3 Å². The van der Waals surface area contributed by atoms with Crippen LogP contribution in [-0.4, -0.2) is 108 Å². The first-order valence-corrected chi connectivity index (χ1v) is 23.9. The van der Waals surface area contributed by atoms with Crippen LogP contribution in [0, 0.1) is 0 Å². The molecule has 0 bridgehead atoms. The van der Waals surface area contributed by atoms with E-state index in [1.165, 1.54) is 109 Å². The van der Waals surface area contributed by atoms with Gasteiger partial charge in [-0.05, 0) is 32.1 Å². The number of allylic oxidation sites excluding steroid dienone is 3. The molecule has 1 fully saturated rings. The lowest BCUT2D eigenvalue weighted by Crippen LogP contribution is -2.64. The molecular formula is C43H82NO12P. The van der Waals surface area contributed by atoms with Crippen molar-refractivity contribution in [2.75, 3.05) is 6.61 Å². The lowest BCUT2D eigenvalue weighted by molar-refractivity contribution is -0.220. The number of hydrogen-bond donors (Lipinski definition) is 9. The normalized spacial score (nSPS) is 24.2. The molecule has 0 aromatic carbocycles. The second kappa shape index (κ2) is 33.5. The summed E-state index contributed by atoms with van der Waals surface area (Å²) in [6.45, 7) is 3.70. The lowest BCUT2D eigenvalue weighted by atomic mass is 9.85. The number of rotatable bonds is 36. The van der Waals surface area contributed by atoms with E-state index in [1.807, 2.05) is 0 Å². The van der Waals surface area contributed by atoms with E-state index in [1.54, 1.807) is 6.08 Å². The molecule has 1 saturated carbocycles. The number of hydrogen-bond acceptors (Lipinski definition) is 11. The van der Waals surface area contributed by atoms with E-state index in [2.05, 4.69) is 31.3 Å². The minimum Gasteiger partial charge on any atom is -0.393 e. The maximum atomic E-state index is 12.9. The largest absolute Gasteiger partial charge is 0.472 e. The third-order valence-corrected chi connectivity index (χ3v) is 11.8. The zero-order chi connectivity index (χ0) is 42.3. The smallest absolute Gasteiger partial charge is 0.393 e. The molecule has 1 aliphatic rings. The van der Waals surface area contributed by atoms with Gasteiger partial charge in [-0.2, -0.15) is 0 Å². The van der Waals surface area contributed by atoms with Gasteiger partial charge in [-0.25, -0.2) is 4.57 Å². The van der Waals surface area contributed by atoms with E-state index in [-0.39, 0.29) is 6.42 Å². The fourth-order valence-electron chi connectivity index (χ4n) is 7.08. The van der Waals surface area contributed by atoms with Crippen LogP contribution in [0.25, 0.3) is 0 Å². The fraction of sp³-hybridized carbons (Fsp3) is 0.884. The SMILES string of the molecule is CCCCCCCCCCCC/C=C/CC/C=C/C(O)C(COP(=O)(O)OC1C(O)C(O)C(O)C(O)C1O)NC(=O)CC(O)CCCCCCCCCCCCC. The van der Waals surface area contributed by atoms with Gasteiger partial charge in [0.2, 0.25) is 5.91 Å². The molecule has 1 amide bonds. The zero-order valence-electron chi connectivity index (χ0n) is 35.3. The van der Waals surface area contributed by atoms with E-state index in [4.69, 9.17) is 9.05 Å². The van der Waals surface area contributed by atoms with Gasteiger partial charge in [-0.15, -0.1) is 0 Å². The number of phosphoric ester groups is 1. The molecule has 57 heavy (non-hydrogen) atoms. The fourth-order valence-corrected chi connectivity index (χ4v) is 8.05. The first kappa shape index (κ1) is 53.8. The maximum absolute atomic E-state index is 12.9. The molecular weight excluding hydrogens is 753 g/mol. The van der Waals surface area contributed by atoms with Crippen molar-refractivity contribution in [2.24, 2.45) is 0 Å². The van der Waals surface area contributed by atoms with Gasteiger partial charge in [0.25, 0.3) is 0 Å². The molecule has 0 radical (unpaired) electrons. The average molecular weight is 836 g/mol. The second-order valence-corrected chi connectivity index (χ2v) is 17.5. The Morgan fingerprint density at radius 1 is 0.614 bits per heavy atom. The Morgan fingerprint density at radius 3 is 1.54 bits per heavy atom. The van der Waals surface area contributed by atoms with Gasteiger partial charge in [-0.1, -0.05) is 167 Å². The Bertz CT molecular complexity index is 1080. The van der Waals surface area contributed by atoms with Crippen LogP contribution >= 0.6 is 7.82 Å². The molecule has 0 aliphatic heterocycles. The van der Waals surface area contributed by atoms with E-state index < -0.39 is 75.2 Å². The van der Waals surface area contributed by atoms with Crippen LogP contribution < -0.4 is 5.32 Å². The summed E-state index contributed by atoms with van der Waals surface area (Å²) in [4.78, 5) is 23.4. The number of nitrogens with one attached hydrogen (secondary N) is 1. The summed E-state index contributed by atoms with van der Waals surface area (Å²) in [6.07, 6.45) is 21.3. The van der Waals surface area contributed by atoms with Crippen LogP contribution in [0.15, 0.2) is 24.3 Å². The Balaban J connectivity index is 2.61. The van der Waals surface area contributed by atoms with Crippen LogP contribution in [0.2, 0.25) is 0 Å². The summed E-state index contributed by atoms with van der Waals surface area (Å²) in [5.74, 6) is -0.603. The van der Waals surface area contributed by atoms with Crippen molar-refractivity contribution in [3.8, 4) is 0 Å². The Kier molecular flexibility index (Phi) is 31.6. The molecule has 0 aromatic rings. The first-order valence-electron chi connectivity index (χ1n) is 22.4. The van der Waals surface area contributed by atoms with Crippen molar-refractivity contribution >= 4 is 13.7 Å². The standard InChI is InChI=1S/C43H82NO12P/c1-3-5-7-9-11-13-15-16-17-18-19-21-23-25-27-29-31-36(46)35(33-55-57(53,54)56-43-41(51)39(49)38(48)40(50)42(43)52)44-37(47)32-34(45)30-28-26-24-22-20-14-12-10-8-6-4-2/h21,23,29,31,34-36,38-43,45-46,48-52H,3-20,22,24-28,30,32-33H2,1-2H3,(H,44,47)(H,53,54)/b23-21+,31-29+. The number of phosphoric acid groups is 1. The summed E-state index contributed by atoms with van der Waals surface area (Å²) in [6, 6.07) is -1.25. The summed E-state index contributed by atoms with van der Waals surface area (Å²) < 4.78 is 22.8. The lowest BCUT2D eigenvalue weighted by Gasteiger charge is -2.41. The summed E-state index contributed by atoms with van der Waals surface area (Å²) >= 11 is 0. The monoisotopic (exact) mass is 836 g/mol. The van der Waals surface area contributed by atoms with Crippen LogP contribution in [0.3, 0.4) is 0 Å². The molecule has 13 nitrogen and oxygen atoms in total. The third kappa shape index (κ3) is 25.9. The van der Waals surface area contributed by atoms with Gasteiger partial charge < -0.3 is 46.0 Å². The first-order chi connectivity index (χ1) is 27.3. The Hall–Kier alpha value is -1.22. The molecule has 8 atom stereocenters. The number of aliphatic hydroxyl groups excluding tert-OH is 7. The van der Waals surface area contributed by atoms with E-state index in [0.29, 0.717) is 12.8 Å². The van der Waals surface area contributed by atoms with E-state index in [9.17, 15) is 50.0 Å². The molecule has 8 unspecified atom stereocenters. The second-order valence-electron chi connectivity index (χ2n) is 16.1. The summed E-state index contributed by atoms with van der Waals surface area (Å²) in [5, 5.41) is 74.3. The molecule has 1 aliphatic carbocycles. The van der Waals surface area contributed by atoms with Gasteiger partial charge in [0.15, 0.2) is 0 Å². The van der Waals surface area contributed by atoms with Crippen LogP contribution in [0.1, 0.15) is 181 Å². The highest BCUT2D eigenvalue weighted by Gasteiger charge is 2.51. The minimum absolute atomic E-state index is 0.250. The van der Waals surface area contributed by atoms with Gasteiger partial charge in [-0.3, -0.25) is 13.8 Å². The quantitative estimate of drug-likeness (QED) is 0.0180. The van der Waals surface area contributed by atoms with Crippen molar-refractivity contribution in [3.63, 3.8) is 0 Å².